The molecule has 0 fully saturated rings. The molecule has 1 aromatic carbocycles. The van der Waals surface area contributed by atoms with Crippen LogP contribution in [0.1, 0.15) is 18.0 Å². The molecule has 0 bridgehead atoms. The standard InChI is InChI=1S/C10H11Br2N/c1-2-3-10(13)7-4-5-8(11)9(12)6-7/h2,4-6,10H,1,3,13H2/t10-/m0/s1. The van der Waals surface area contributed by atoms with Crippen molar-refractivity contribution in [2.24, 2.45) is 5.73 Å². The minimum Gasteiger partial charge on any atom is -0.324 e. The smallest absolute Gasteiger partial charge is 0.0330 e. The quantitative estimate of drug-likeness (QED) is 0.845. The number of rotatable bonds is 3. The van der Waals surface area contributed by atoms with E-state index in [2.05, 4.69) is 38.4 Å². The van der Waals surface area contributed by atoms with Gasteiger partial charge in [-0.2, -0.15) is 0 Å². The van der Waals surface area contributed by atoms with Crippen LogP contribution in [-0.4, -0.2) is 0 Å². The highest BCUT2D eigenvalue weighted by Crippen LogP contribution is 2.26. The van der Waals surface area contributed by atoms with E-state index in [1.54, 1.807) is 0 Å². The van der Waals surface area contributed by atoms with Crippen LogP contribution in [0.25, 0.3) is 0 Å². The van der Waals surface area contributed by atoms with Crippen molar-refractivity contribution in [1.82, 2.24) is 0 Å². The Labute approximate surface area is 95.3 Å². The molecule has 0 saturated carbocycles. The summed E-state index contributed by atoms with van der Waals surface area (Å²) in [6.07, 6.45) is 2.63. The van der Waals surface area contributed by atoms with Gasteiger partial charge in [-0.15, -0.1) is 6.58 Å². The molecule has 0 aromatic heterocycles. The Bertz CT molecular complexity index is 310. The Balaban J connectivity index is 2.89. The second-order valence-electron chi connectivity index (χ2n) is 2.80. The number of hydrogen-bond donors (Lipinski definition) is 1. The predicted molar refractivity (Wildman–Crippen MR) is 63.6 cm³/mol. The molecule has 0 heterocycles. The van der Waals surface area contributed by atoms with Crippen molar-refractivity contribution in [2.75, 3.05) is 0 Å². The zero-order valence-corrected chi connectivity index (χ0v) is 10.3. The van der Waals surface area contributed by atoms with Gasteiger partial charge in [0.25, 0.3) is 0 Å². The molecule has 0 amide bonds. The minimum atomic E-state index is 0.0434. The van der Waals surface area contributed by atoms with E-state index in [1.165, 1.54) is 0 Å². The Morgan fingerprint density at radius 1 is 1.38 bits per heavy atom. The van der Waals surface area contributed by atoms with E-state index in [4.69, 9.17) is 5.73 Å². The van der Waals surface area contributed by atoms with E-state index in [0.717, 1.165) is 20.9 Å². The first-order chi connectivity index (χ1) is 6.15. The van der Waals surface area contributed by atoms with Crippen molar-refractivity contribution in [2.45, 2.75) is 12.5 Å². The molecule has 0 aliphatic heterocycles. The number of nitrogens with two attached hydrogens (primary N) is 1. The third-order valence-corrected chi connectivity index (χ3v) is 3.67. The molecular formula is C10H11Br2N. The number of benzene rings is 1. The maximum absolute atomic E-state index is 5.92. The monoisotopic (exact) mass is 303 g/mol. The van der Waals surface area contributed by atoms with E-state index >= 15 is 0 Å². The summed E-state index contributed by atoms with van der Waals surface area (Å²) in [6.45, 7) is 3.67. The summed E-state index contributed by atoms with van der Waals surface area (Å²) in [4.78, 5) is 0. The Morgan fingerprint density at radius 3 is 2.62 bits per heavy atom. The molecule has 0 spiro atoms. The van der Waals surface area contributed by atoms with E-state index in [0.29, 0.717) is 0 Å². The van der Waals surface area contributed by atoms with Crippen LogP contribution in [0.4, 0.5) is 0 Å². The topological polar surface area (TPSA) is 26.0 Å². The molecule has 2 N–H and O–H groups in total. The van der Waals surface area contributed by atoms with Gasteiger partial charge in [0.2, 0.25) is 0 Å². The molecule has 1 nitrogen and oxygen atoms in total. The van der Waals surface area contributed by atoms with E-state index in [9.17, 15) is 0 Å². The van der Waals surface area contributed by atoms with Crippen molar-refractivity contribution in [3.8, 4) is 0 Å². The normalized spacial score (nSPS) is 12.5. The summed E-state index contributed by atoms with van der Waals surface area (Å²) in [6, 6.07) is 6.07. The molecule has 0 aliphatic rings. The first kappa shape index (κ1) is 11.0. The van der Waals surface area contributed by atoms with Gasteiger partial charge in [-0.1, -0.05) is 12.1 Å². The summed E-state index contributed by atoms with van der Waals surface area (Å²) in [5, 5.41) is 0. The molecular weight excluding hydrogens is 294 g/mol. The highest BCUT2D eigenvalue weighted by atomic mass is 79.9. The summed E-state index contributed by atoms with van der Waals surface area (Å²) in [5.41, 5.74) is 7.04. The molecule has 13 heavy (non-hydrogen) atoms. The van der Waals surface area contributed by atoms with Gasteiger partial charge in [0.1, 0.15) is 0 Å². The van der Waals surface area contributed by atoms with Crippen molar-refractivity contribution < 1.29 is 0 Å². The highest BCUT2D eigenvalue weighted by Gasteiger charge is 2.05. The molecule has 1 atom stereocenters. The maximum atomic E-state index is 5.92. The lowest BCUT2D eigenvalue weighted by Gasteiger charge is -2.10. The highest BCUT2D eigenvalue weighted by molar-refractivity contribution is 9.13. The molecule has 0 unspecified atom stereocenters. The molecule has 3 heteroatoms. The first-order valence-electron chi connectivity index (χ1n) is 3.96. The summed E-state index contributed by atoms with van der Waals surface area (Å²) < 4.78 is 2.08. The van der Waals surface area contributed by atoms with Crippen molar-refractivity contribution in [3.63, 3.8) is 0 Å². The van der Waals surface area contributed by atoms with Gasteiger partial charge < -0.3 is 5.73 Å². The summed E-state index contributed by atoms with van der Waals surface area (Å²) in [5.74, 6) is 0. The molecule has 0 radical (unpaired) electrons. The third kappa shape index (κ3) is 2.93. The van der Waals surface area contributed by atoms with Gasteiger partial charge in [0.05, 0.1) is 0 Å². The van der Waals surface area contributed by atoms with Crippen LogP contribution in [0, 0.1) is 0 Å². The van der Waals surface area contributed by atoms with Gasteiger partial charge in [0, 0.05) is 15.0 Å². The largest absolute Gasteiger partial charge is 0.324 e. The minimum absolute atomic E-state index is 0.0434. The average molecular weight is 305 g/mol. The van der Waals surface area contributed by atoms with Gasteiger partial charge in [-0.3, -0.25) is 0 Å². The van der Waals surface area contributed by atoms with Gasteiger partial charge in [0.15, 0.2) is 0 Å². The Morgan fingerprint density at radius 2 is 2.08 bits per heavy atom. The van der Waals surface area contributed by atoms with Crippen LogP contribution in [0.3, 0.4) is 0 Å². The fourth-order valence-corrected chi connectivity index (χ4v) is 1.70. The average Bonchev–Trinajstić information content (AvgIpc) is 2.10. The van der Waals surface area contributed by atoms with E-state index in [1.807, 2.05) is 24.3 Å². The number of hydrogen-bond acceptors (Lipinski definition) is 1. The zero-order valence-electron chi connectivity index (χ0n) is 7.13. The van der Waals surface area contributed by atoms with Crippen molar-refractivity contribution in [1.29, 1.82) is 0 Å². The summed E-state index contributed by atoms with van der Waals surface area (Å²) in [7, 11) is 0. The molecule has 1 aromatic rings. The van der Waals surface area contributed by atoms with Crippen LogP contribution < -0.4 is 5.73 Å². The maximum Gasteiger partial charge on any atom is 0.0330 e. The summed E-state index contributed by atoms with van der Waals surface area (Å²) >= 11 is 6.85. The van der Waals surface area contributed by atoms with Crippen LogP contribution in [0.5, 0.6) is 0 Å². The lowest BCUT2D eigenvalue weighted by atomic mass is 10.1. The second kappa shape index (κ2) is 4.94. The van der Waals surface area contributed by atoms with E-state index in [-0.39, 0.29) is 6.04 Å². The van der Waals surface area contributed by atoms with Crippen molar-refractivity contribution in [3.05, 3.63) is 45.4 Å². The second-order valence-corrected chi connectivity index (χ2v) is 4.51. The SMILES string of the molecule is C=CC[C@H](N)c1ccc(Br)c(Br)c1. The molecule has 70 valence electrons. The fraction of sp³-hybridized carbons (Fsp3) is 0.200. The number of halogens is 2. The van der Waals surface area contributed by atoms with Gasteiger partial charge in [-0.25, -0.2) is 0 Å². The van der Waals surface area contributed by atoms with Gasteiger partial charge in [-0.05, 0) is 56.0 Å². The Hall–Kier alpha value is -0.120. The van der Waals surface area contributed by atoms with Crippen LogP contribution in [-0.2, 0) is 0 Å². The molecule has 1 rings (SSSR count). The Kier molecular flexibility index (Phi) is 4.16. The molecule has 0 saturated heterocycles. The molecule has 0 aliphatic carbocycles. The predicted octanol–water partition coefficient (Wildman–Crippen LogP) is 3.79. The van der Waals surface area contributed by atoms with Crippen LogP contribution in [0.2, 0.25) is 0 Å². The lowest BCUT2D eigenvalue weighted by molar-refractivity contribution is 0.741. The lowest BCUT2D eigenvalue weighted by Crippen LogP contribution is -2.08. The zero-order chi connectivity index (χ0) is 9.84. The van der Waals surface area contributed by atoms with Crippen LogP contribution in [0.15, 0.2) is 39.8 Å². The third-order valence-electron chi connectivity index (χ3n) is 1.79. The van der Waals surface area contributed by atoms with E-state index < -0.39 is 0 Å². The van der Waals surface area contributed by atoms with Gasteiger partial charge >= 0.3 is 0 Å². The first-order valence-corrected chi connectivity index (χ1v) is 5.55. The van der Waals surface area contributed by atoms with Crippen LogP contribution >= 0.6 is 31.9 Å². The fourth-order valence-electron chi connectivity index (χ4n) is 1.06. The van der Waals surface area contributed by atoms with Crippen molar-refractivity contribution >= 4 is 31.9 Å².